The Morgan fingerprint density at radius 1 is 1.47 bits per heavy atom. The standard InChI is InChI=1S/C12H21N3O2/c1-3-4-5-6-8-13-12(16)11-7-9-15(14-11)10-17-2/h7,9H,3-6,8,10H2,1-2H3,(H,13,16). The lowest BCUT2D eigenvalue weighted by molar-refractivity contribution is 0.0940. The van der Waals surface area contributed by atoms with E-state index in [2.05, 4.69) is 17.3 Å². The fourth-order valence-electron chi connectivity index (χ4n) is 1.53. The van der Waals surface area contributed by atoms with Gasteiger partial charge in [-0.3, -0.25) is 4.79 Å². The molecule has 5 heteroatoms. The number of unbranched alkanes of at least 4 members (excludes halogenated alkanes) is 3. The van der Waals surface area contributed by atoms with Crippen LogP contribution in [-0.2, 0) is 11.5 Å². The number of methoxy groups -OCH3 is 1. The summed E-state index contributed by atoms with van der Waals surface area (Å²) in [4.78, 5) is 11.7. The summed E-state index contributed by atoms with van der Waals surface area (Å²) < 4.78 is 6.50. The molecule has 0 spiro atoms. The second-order valence-corrected chi connectivity index (χ2v) is 3.97. The topological polar surface area (TPSA) is 56.2 Å². The van der Waals surface area contributed by atoms with Crippen molar-refractivity contribution in [1.82, 2.24) is 15.1 Å². The zero-order valence-electron chi connectivity index (χ0n) is 10.6. The molecular formula is C12H21N3O2. The summed E-state index contributed by atoms with van der Waals surface area (Å²) >= 11 is 0. The van der Waals surface area contributed by atoms with Gasteiger partial charge in [0.1, 0.15) is 12.4 Å². The summed E-state index contributed by atoms with van der Waals surface area (Å²) in [5, 5.41) is 6.95. The first-order chi connectivity index (χ1) is 8.27. The van der Waals surface area contributed by atoms with Gasteiger partial charge in [0.05, 0.1) is 0 Å². The van der Waals surface area contributed by atoms with E-state index in [1.807, 2.05) is 0 Å². The van der Waals surface area contributed by atoms with Crippen LogP contribution in [0.3, 0.4) is 0 Å². The van der Waals surface area contributed by atoms with Crippen molar-refractivity contribution in [3.05, 3.63) is 18.0 Å². The molecule has 96 valence electrons. The number of carbonyl (C=O) groups is 1. The fourth-order valence-corrected chi connectivity index (χ4v) is 1.53. The van der Waals surface area contributed by atoms with Crippen LogP contribution in [0.1, 0.15) is 43.1 Å². The number of hydrogen-bond donors (Lipinski definition) is 1. The Morgan fingerprint density at radius 3 is 3.00 bits per heavy atom. The number of amides is 1. The van der Waals surface area contributed by atoms with E-state index in [0.29, 0.717) is 12.4 Å². The van der Waals surface area contributed by atoms with Gasteiger partial charge in [-0.2, -0.15) is 5.10 Å². The lowest BCUT2D eigenvalue weighted by Gasteiger charge is -2.02. The van der Waals surface area contributed by atoms with E-state index in [1.54, 1.807) is 24.1 Å². The molecule has 17 heavy (non-hydrogen) atoms. The van der Waals surface area contributed by atoms with Crippen molar-refractivity contribution in [2.45, 2.75) is 39.3 Å². The molecule has 0 saturated carbocycles. The van der Waals surface area contributed by atoms with Crippen molar-refractivity contribution in [3.63, 3.8) is 0 Å². The van der Waals surface area contributed by atoms with Crippen molar-refractivity contribution in [2.75, 3.05) is 13.7 Å². The fraction of sp³-hybridized carbons (Fsp3) is 0.667. The van der Waals surface area contributed by atoms with Crippen molar-refractivity contribution in [3.8, 4) is 0 Å². The number of rotatable bonds is 8. The van der Waals surface area contributed by atoms with Crippen LogP contribution in [-0.4, -0.2) is 29.3 Å². The van der Waals surface area contributed by atoms with Gasteiger partial charge >= 0.3 is 0 Å². The Balaban J connectivity index is 2.26. The molecule has 1 heterocycles. The van der Waals surface area contributed by atoms with E-state index in [1.165, 1.54) is 12.8 Å². The molecule has 1 rings (SSSR count). The first kappa shape index (κ1) is 13.7. The highest BCUT2D eigenvalue weighted by Gasteiger charge is 2.08. The van der Waals surface area contributed by atoms with Gasteiger partial charge < -0.3 is 10.1 Å². The quantitative estimate of drug-likeness (QED) is 0.704. The first-order valence-corrected chi connectivity index (χ1v) is 6.08. The number of nitrogens with one attached hydrogen (secondary N) is 1. The van der Waals surface area contributed by atoms with E-state index >= 15 is 0 Å². The van der Waals surface area contributed by atoms with Gasteiger partial charge in [-0.05, 0) is 12.5 Å². The minimum absolute atomic E-state index is 0.114. The van der Waals surface area contributed by atoms with E-state index in [4.69, 9.17) is 4.74 Å². The largest absolute Gasteiger partial charge is 0.362 e. The normalized spacial score (nSPS) is 10.5. The van der Waals surface area contributed by atoms with Gasteiger partial charge in [0.2, 0.25) is 0 Å². The molecule has 1 aromatic rings. The average molecular weight is 239 g/mol. The SMILES string of the molecule is CCCCCCNC(=O)c1ccn(COC)n1. The Bertz CT molecular complexity index is 336. The Hall–Kier alpha value is -1.36. The maximum atomic E-state index is 11.7. The Morgan fingerprint density at radius 2 is 2.29 bits per heavy atom. The zero-order valence-corrected chi connectivity index (χ0v) is 10.6. The third-order valence-corrected chi connectivity index (χ3v) is 2.45. The van der Waals surface area contributed by atoms with Crippen LogP contribution in [0.2, 0.25) is 0 Å². The summed E-state index contributed by atoms with van der Waals surface area (Å²) in [6.07, 6.45) is 6.34. The summed E-state index contributed by atoms with van der Waals surface area (Å²) in [6.45, 7) is 3.25. The summed E-state index contributed by atoms with van der Waals surface area (Å²) in [7, 11) is 1.59. The van der Waals surface area contributed by atoms with Gasteiger partial charge in [0.25, 0.3) is 5.91 Å². The average Bonchev–Trinajstić information content (AvgIpc) is 2.78. The monoisotopic (exact) mass is 239 g/mol. The number of nitrogens with zero attached hydrogens (tertiary/aromatic N) is 2. The van der Waals surface area contributed by atoms with Crippen LogP contribution in [0.5, 0.6) is 0 Å². The lowest BCUT2D eigenvalue weighted by atomic mass is 10.2. The van der Waals surface area contributed by atoms with Gasteiger partial charge in [-0.15, -0.1) is 0 Å². The molecule has 1 N–H and O–H groups in total. The van der Waals surface area contributed by atoms with E-state index in [-0.39, 0.29) is 5.91 Å². The van der Waals surface area contributed by atoms with Crippen LogP contribution in [0.4, 0.5) is 0 Å². The molecule has 1 amide bonds. The minimum atomic E-state index is -0.114. The van der Waals surface area contributed by atoms with Gasteiger partial charge in [0, 0.05) is 19.9 Å². The molecule has 0 fully saturated rings. The maximum Gasteiger partial charge on any atom is 0.271 e. The summed E-state index contributed by atoms with van der Waals surface area (Å²) in [5.74, 6) is -0.114. The zero-order chi connectivity index (χ0) is 12.5. The van der Waals surface area contributed by atoms with Gasteiger partial charge in [0.15, 0.2) is 0 Å². The second kappa shape index (κ2) is 7.84. The molecule has 5 nitrogen and oxygen atoms in total. The number of hydrogen-bond acceptors (Lipinski definition) is 3. The molecule has 0 atom stereocenters. The highest BCUT2D eigenvalue weighted by Crippen LogP contribution is 1.99. The third-order valence-electron chi connectivity index (χ3n) is 2.45. The van der Waals surface area contributed by atoms with Crippen LogP contribution >= 0.6 is 0 Å². The highest BCUT2D eigenvalue weighted by molar-refractivity contribution is 5.92. The smallest absolute Gasteiger partial charge is 0.271 e. The van der Waals surface area contributed by atoms with Crippen molar-refractivity contribution < 1.29 is 9.53 Å². The molecule has 0 aromatic carbocycles. The van der Waals surface area contributed by atoms with Crippen LogP contribution < -0.4 is 5.32 Å². The number of aromatic nitrogens is 2. The highest BCUT2D eigenvalue weighted by atomic mass is 16.5. The maximum absolute atomic E-state index is 11.7. The molecule has 0 aliphatic carbocycles. The molecule has 0 aliphatic rings. The molecule has 0 bridgehead atoms. The molecule has 1 aromatic heterocycles. The summed E-state index contributed by atoms with van der Waals surface area (Å²) in [6, 6.07) is 1.69. The first-order valence-electron chi connectivity index (χ1n) is 6.08. The predicted octanol–water partition coefficient (Wildman–Crippen LogP) is 1.80. The van der Waals surface area contributed by atoms with E-state index in [0.717, 1.165) is 19.4 Å². The second-order valence-electron chi connectivity index (χ2n) is 3.97. The van der Waals surface area contributed by atoms with E-state index in [9.17, 15) is 4.79 Å². The minimum Gasteiger partial charge on any atom is -0.362 e. The van der Waals surface area contributed by atoms with Gasteiger partial charge in [-0.1, -0.05) is 26.2 Å². The lowest BCUT2D eigenvalue weighted by Crippen LogP contribution is -2.25. The third kappa shape index (κ3) is 4.99. The van der Waals surface area contributed by atoms with Crippen molar-refractivity contribution in [1.29, 1.82) is 0 Å². The molecule has 0 saturated heterocycles. The van der Waals surface area contributed by atoms with Gasteiger partial charge in [-0.25, -0.2) is 4.68 Å². The van der Waals surface area contributed by atoms with Crippen molar-refractivity contribution in [2.24, 2.45) is 0 Å². The van der Waals surface area contributed by atoms with Crippen LogP contribution in [0.15, 0.2) is 12.3 Å². The summed E-state index contributed by atoms with van der Waals surface area (Å²) in [5.41, 5.74) is 0.442. The molecule has 0 radical (unpaired) electrons. The molecule has 0 unspecified atom stereocenters. The van der Waals surface area contributed by atoms with Crippen LogP contribution in [0.25, 0.3) is 0 Å². The molecular weight excluding hydrogens is 218 g/mol. The van der Waals surface area contributed by atoms with E-state index < -0.39 is 0 Å². The Labute approximate surface area is 102 Å². The van der Waals surface area contributed by atoms with Crippen LogP contribution in [0, 0.1) is 0 Å². The Kier molecular flexibility index (Phi) is 6.32. The number of carbonyl (C=O) groups excluding carboxylic acids is 1. The number of ether oxygens (including phenoxy) is 1. The van der Waals surface area contributed by atoms with Crippen molar-refractivity contribution >= 4 is 5.91 Å². The predicted molar refractivity (Wildman–Crippen MR) is 65.7 cm³/mol. The molecule has 0 aliphatic heterocycles.